The van der Waals surface area contributed by atoms with Gasteiger partial charge in [-0.3, -0.25) is 4.79 Å². The fourth-order valence-electron chi connectivity index (χ4n) is 2.31. The van der Waals surface area contributed by atoms with Crippen LogP contribution < -0.4 is 10.6 Å². The van der Waals surface area contributed by atoms with Gasteiger partial charge in [0.05, 0.1) is 0 Å². The summed E-state index contributed by atoms with van der Waals surface area (Å²) in [6.07, 6.45) is 0.403. The quantitative estimate of drug-likeness (QED) is 0.633. The van der Waals surface area contributed by atoms with E-state index in [-0.39, 0.29) is 30.8 Å². The Labute approximate surface area is 148 Å². The molecule has 0 aromatic heterocycles. The van der Waals surface area contributed by atoms with Gasteiger partial charge in [-0.25, -0.2) is 9.59 Å². The van der Waals surface area contributed by atoms with Crippen LogP contribution in [0, 0.1) is 5.92 Å². The number of hydrogen-bond donors (Lipinski definition) is 3. The summed E-state index contributed by atoms with van der Waals surface area (Å²) in [5.41, 5.74) is 1.01. The van der Waals surface area contributed by atoms with E-state index >= 15 is 0 Å². The second-order valence-electron chi connectivity index (χ2n) is 6.41. The van der Waals surface area contributed by atoms with Crippen LogP contribution in [0.5, 0.6) is 0 Å². The summed E-state index contributed by atoms with van der Waals surface area (Å²) in [7, 11) is 1.67. The number of nitrogens with one attached hydrogen (secondary N) is 2. The van der Waals surface area contributed by atoms with Crippen LogP contribution in [-0.4, -0.2) is 47.5 Å². The van der Waals surface area contributed by atoms with E-state index in [1.807, 2.05) is 44.2 Å². The highest BCUT2D eigenvalue weighted by Gasteiger charge is 2.20. The van der Waals surface area contributed by atoms with Crippen LogP contribution in [0.15, 0.2) is 30.3 Å². The van der Waals surface area contributed by atoms with Crippen LogP contribution in [0.1, 0.15) is 32.3 Å². The zero-order valence-corrected chi connectivity index (χ0v) is 15.0. The van der Waals surface area contributed by atoms with Gasteiger partial charge in [-0.15, -0.1) is 0 Å². The molecule has 7 nitrogen and oxygen atoms in total. The second kappa shape index (κ2) is 10.3. The van der Waals surface area contributed by atoms with Gasteiger partial charge in [0.2, 0.25) is 5.91 Å². The molecule has 0 spiro atoms. The Morgan fingerprint density at radius 1 is 1.16 bits per heavy atom. The molecule has 0 fully saturated rings. The first kappa shape index (κ1) is 20.5. The molecule has 1 atom stereocenters. The molecule has 0 bridgehead atoms. The van der Waals surface area contributed by atoms with E-state index in [1.165, 1.54) is 4.90 Å². The highest BCUT2D eigenvalue weighted by atomic mass is 16.4. The Bertz CT molecular complexity index is 575. The lowest BCUT2D eigenvalue weighted by Gasteiger charge is -2.19. The van der Waals surface area contributed by atoms with Gasteiger partial charge in [0.1, 0.15) is 6.04 Å². The first-order valence-electron chi connectivity index (χ1n) is 8.34. The summed E-state index contributed by atoms with van der Waals surface area (Å²) in [4.78, 5) is 36.5. The first-order chi connectivity index (χ1) is 11.8. The summed E-state index contributed by atoms with van der Waals surface area (Å²) in [6.45, 7) is 4.40. The van der Waals surface area contributed by atoms with E-state index in [0.29, 0.717) is 13.0 Å². The molecule has 0 heterocycles. The van der Waals surface area contributed by atoms with Crippen molar-refractivity contribution in [2.45, 2.75) is 39.3 Å². The molecule has 1 aromatic rings. The van der Waals surface area contributed by atoms with E-state index in [1.54, 1.807) is 7.05 Å². The largest absolute Gasteiger partial charge is 0.480 e. The van der Waals surface area contributed by atoms with Crippen LogP contribution in [0.2, 0.25) is 0 Å². The number of amides is 3. The van der Waals surface area contributed by atoms with Crippen molar-refractivity contribution in [1.29, 1.82) is 0 Å². The van der Waals surface area contributed by atoms with Gasteiger partial charge in [-0.2, -0.15) is 0 Å². The number of aliphatic carboxylic acids is 1. The molecule has 0 aliphatic carbocycles. The van der Waals surface area contributed by atoms with Crippen LogP contribution in [-0.2, 0) is 16.1 Å². The number of benzene rings is 1. The molecular formula is C18H27N3O4. The highest BCUT2D eigenvalue weighted by Crippen LogP contribution is 2.05. The fourth-order valence-corrected chi connectivity index (χ4v) is 2.31. The standard InChI is InChI=1S/C18H27N3O4/c1-13(2)11-15(17(23)24)20-16(22)9-10-19-18(25)21(3)12-14-7-5-4-6-8-14/h4-8,13,15H,9-12H2,1-3H3,(H,19,25)(H,20,22)(H,23,24)/t15-/m0/s1. The third kappa shape index (κ3) is 8.19. The molecule has 1 rings (SSSR count). The van der Waals surface area contributed by atoms with E-state index in [9.17, 15) is 14.4 Å². The van der Waals surface area contributed by atoms with Crippen LogP contribution in [0.3, 0.4) is 0 Å². The van der Waals surface area contributed by atoms with Crippen LogP contribution in [0.4, 0.5) is 4.79 Å². The molecule has 138 valence electrons. The molecular weight excluding hydrogens is 322 g/mol. The van der Waals surface area contributed by atoms with Gasteiger partial charge in [-0.1, -0.05) is 44.2 Å². The number of carbonyl (C=O) groups is 3. The molecule has 1 aromatic carbocycles. The average Bonchev–Trinajstić information content (AvgIpc) is 2.54. The second-order valence-corrected chi connectivity index (χ2v) is 6.41. The molecule has 7 heteroatoms. The van der Waals surface area contributed by atoms with Gasteiger partial charge in [0.15, 0.2) is 0 Å². The van der Waals surface area contributed by atoms with Gasteiger partial charge in [0, 0.05) is 26.6 Å². The van der Waals surface area contributed by atoms with E-state index in [0.717, 1.165) is 5.56 Å². The number of carboxylic acid groups (broad SMARTS) is 1. The molecule has 0 unspecified atom stereocenters. The minimum atomic E-state index is -1.05. The van der Waals surface area contributed by atoms with Gasteiger partial charge in [0.25, 0.3) is 0 Å². The maximum atomic E-state index is 12.0. The van der Waals surface area contributed by atoms with Crippen molar-refractivity contribution in [1.82, 2.24) is 15.5 Å². The van der Waals surface area contributed by atoms with Crippen molar-refractivity contribution in [3.05, 3.63) is 35.9 Å². The lowest BCUT2D eigenvalue weighted by molar-refractivity contribution is -0.142. The number of nitrogens with zero attached hydrogens (tertiary/aromatic N) is 1. The van der Waals surface area contributed by atoms with Crippen molar-refractivity contribution >= 4 is 17.9 Å². The topological polar surface area (TPSA) is 98.7 Å². The molecule has 0 saturated carbocycles. The normalized spacial score (nSPS) is 11.7. The van der Waals surface area contributed by atoms with Gasteiger partial charge in [-0.05, 0) is 17.9 Å². The monoisotopic (exact) mass is 349 g/mol. The summed E-state index contributed by atoms with van der Waals surface area (Å²) in [6, 6.07) is 8.39. The lowest BCUT2D eigenvalue weighted by Crippen LogP contribution is -2.43. The average molecular weight is 349 g/mol. The smallest absolute Gasteiger partial charge is 0.326 e. The summed E-state index contributed by atoms with van der Waals surface area (Å²) >= 11 is 0. The lowest BCUT2D eigenvalue weighted by atomic mass is 10.0. The van der Waals surface area contributed by atoms with Crippen molar-refractivity contribution < 1.29 is 19.5 Å². The Balaban J connectivity index is 2.33. The molecule has 0 saturated heterocycles. The summed E-state index contributed by atoms with van der Waals surface area (Å²) in [5, 5.41) is 14.2. The third-order valence-corrected chi connectivity index (χ3v) is 3.58. The van der Waals surface area contributed by atoms with Crippen LogP contribution >= 0.6 is 0 Å². The molecule has 3 N–H and O–H groups in total. The summed E-state index contributed by atoms with van der Waals surface area (Å²) < 4.78 is 0. The molecule has 0 aliphatic heterocycles. The summed E-state index contributed by atoms with van der Waals surface area (Å²) in [5.74, 6) is -1.28. The van der Waals surface area contributed by atoms with Crippen molar-refractivity contribution in [3.8, 4) is 0 Å². The number of urea groups is 1. The number of carbonyl (C=O) groups excluding carboxylic acids is 2. The third-order valence-electron chi connectivity index (χ3n) is 3.58. The number of carboxylic acids is 1. The maximum Gasteiger partial charge on any atom is 0.326 e. The molecule has 0 radical (unpaired) electrons. The highest BCUT2D eigenvalue weighted by molar-refractivity contribution is 5.84. The predicted molar refractivity (Wildman–Crippen MR) is 94.9 cm³/mol. The Hall–Kier alpha value is -2.57. The molecule has 25 heavy (non-hydrogen) atoms. The maximum absolute atomic E-state index is 12.0. The van der Waals surface area contributed by atoms with E-state index in [4.69, 9.17) is 5.11 Å². The van der Waals surface area contributed by atoms with E-state index < -0.39 is 12.0 Å². The van der Waals surface area contributed by atoms with Gasteiger partial charge >= 0.3 is 12.0 Å². The molecule has 0 aliphatic rings. The number of hydrogen-bond acceptors (Lipinski definition) is 3. The minimum Gasteiger partial charge on any atom is -0.480 e. The number of rotatable bonds is 9. The zero-order valence-electron chi connectivity index (χ0n) is 15.0. The Kier molecular flexibility index (Phi) is 8.46. The van der Waals surface area contributed by atoms with E-state index in [2.05, 4.69) is 10.6 Å². The van der Waals surface area contributed by atoms with Crippen molar-refractivity contribution in [2.75, 3.05) is 13.6 Å². The van der Waals surface area contributed by atoms with Gasteiger partial charge < -0.3 is 20.6 Å². The zero-order chi connectivity index (χ0) is 18.8. The van der Waals surface area contributed by atoms with Crippen LogP contribution in [0.25, 0.3) is 0 Å². The SMILES string of the molecule is CC(C)C[C@H](NC(=O)CCNC(=O)N(C)Cc1ccccc1)C(=O)O. The minimum absolute atomic E-state index is 0.0345. The first-order valence-corrected chi connectivity index (χ1v) is 8.34. The molecule has 3 amide bonds. The Morgan fingerprint density at radius 2 is 1.80 bits per heavy atom. The fraction of sp³-hybridized carbons (Fsp3) is 0.500. The Morgan fingerprint density at radius 3 is 2.36 bits per heavy atom. The van der Waals surface area contributed by atoms with Crippen molar-refractivity contribution in [3.63, 3.8) is 0 Å². The van der Waals surface area contributed by atoms with Crippen molar-refractivity contribution in [2.24, 2.45) is 5.92 Å². The predicted octanol–water partition coefficient (Wildman–Crippen LogP) is 1.83.